The molecule has 0 unspecified atom stereocenters. The largest absolute Gasteiger partial charge is 0.496 e. The molecule has 3 rings (SSSR count). The molecule has 2 aromatic carbocycles. The second-order valence-electron chi connectivity index (χ2n) is 6.56. The summed E-state index contributed by atoms with van der Waals surface area (Å²) in [6.45, 7) is 0.435. The number of rotatable bonds is 8. The number of ether oxygens (including phenoxy) is 2. The molecular weight excluding hydrogens is 418 g/mol. The molecule has 7 nitrogen and oxygen atoms in total. The molecule has 160 valence electrons. The SMILES string of the molecule is CNC(=O)c1cc(Oc2cccc(CCNC(=O)c3ccc(Cl)cc3OC)c2)ccn1. The van der Waals surface area contributed by atoms with Crippen molar-refractivity contribution in [2.75, 3.05) is 20.7 Å². The summed E-state index contributed by atoms with van der Waals surface area (Å²) >= 11 is 5.94. The first-order valence-corrected chi connectivity index (χ1v) is 9.94. The number of amides is 2. The van der Waals surface area contributed by atoms with Crippen molar-refractivity contribution in [3.63, 3.8) is 0 Å². The Kier molecular flexibility index (Phi) is 7.45. The van der Waals surface area contributed by atoms with E-state index in [0.717, 1.165) is 5.56 Å². The van der Waals surface area contributed by atoms with Gasteiger partial charge in [-0.15, -0.1) is 0 Å². The smallest absolute Gasteiger partial charge is 0.269 e. The summed E-state index contributed by atoms with van der Waals surface area (Å²) in [4.78, 5) is 28.2. The molecular formula is C23H22ClN3O4. The van der Waals surface area contributed by atoms with Crippen molar-refractivity contribution >= 4 is 23.4 Å². The van der Waals surface area contributed by atoms with Crippen molar-refractivity contribution < 1.29 is 19.1 Å². The average Bonchev–Trinajstić information content (AvgIpc) is 2.78. The van der Waals surface area contributed by atoms with E-state index in [1.165, 1.54) is 13.3 Å². The molecule has 0 aliphatic carbocycles. The monoisotopic (exact) mass is 439 g/mol. The number of pyridine rings is 1. The first kappa shape index (κ1) is 22.1. The fourth-order valence-corrected chi connectivity index (χ4v) is 3.06. The lowest BCUT2D eigenvalue weighted by molar-refractivity contribution is 0.0945. The Morgan fingerprint density at radius 3 is 2.61 bits per heavy atom. The van der Waals surface area contributed by atoms with Crippen LogP contribution in [0.3, 0.4) is 0 Å². The number of nitrogens with zero attached hydrogens (tertiary/aromatic N) is 1. The highest BCUT2D eigenvalue weighted by Crippen LogP contribution is 2.24. The molecule has 1 heterocycles. The molecule has 0 spiro atoms. The Bertz CT molecular complexity index is 1090. The third-order valence-electron chi connectivity index (χ3n) is 4.43. The van der Waals surface area contributed by atoms with E-state index in [-0.39, 0.29) is 17.5 Å². The number of carbonyl (C=O) groups is 2. The van der Waals surface area contributed by atoms with Gasteiger partial charge in [0, 0.05) is 30.9 Å². The maximum Gasteiger partial charge on any atom is 0.269 e. The molecule has 0 radical (unpaired) electrons. The van der Waals surface area contributed by atoms with Crippen LogP contribution < -0.4 is 20.1 Å². The molecule has 3 aromatic rings. The molecule has 2 N–H and O–H groups in total. The van der Waals surface area contributed by atoms with Crippen LogP contribution in [0.4, 0.5) is 0 Å². The van der Waals surface area contributed by atoms with E-state index < -0.39 is 0 Å². The highest BCUT2D eigenvalue weighted by atomic mass is 35.5. The summed E-state index contributed by atoms with van der Waals surface area (Å²) in [5.41, 5.74) is 1.69. The lowest BCUT2D eigenvalue weighted by Crippen LogP contribution is -2.26. The number of halogens is 1. The van der Waals surface area contributed by atoms with Crippen molar-refractivity contribution in [3.05, 3.63) is 82.6 Å². The minimum absolute atomic E-state index is 0.237. The van der Waals surface area contributed by atoms with Gasteiger partial charge in [-0.05, 0) is 48.4 Å². The van der Waals surface area contributed by atoms with Gasteiger partial charge in [0.15, 0.2) is 0 Å². The second-order valence-corrected chi connectivity index (χ2v) is 6.99. The van der Waals surface area contributed by atoms with E-state index in [4.69, 9.17) is 21.1 Å². The number of benzene rings is 2. The number of carbonyl (C=O) groups excluding carboxylic acids is 2. The van der Waals surface area contributed by atoms with E-state index >= 15 is 0 Å². The van der Waals surface area contributed by atoms with Crippen molar-refractivity contribution in [2.24, 2.45) is 0 Å². The Morgan fingerprint density at radius 1 is 1.03 bits per heavy atom. The van der Waals surface area contributed by atoms with Crippen LogP contribution in [0, 0.1) is 0 Å². The molecule has 2 amide bonds. The molecule has 0 bridgehead atoms. The van der Waals surface area contributed by atoms with E-state index in [2.05, 4.69) is 15.6 Å². The van der Waals surface area contributed by atoms with Gasteiger partial charge in [0.25, 0.3) is 11.8 Å². The van der Waals surface area contributed by atoms with Crippen molar-refractivity contribution in [1.82, 2.24) is 15.6 Å². The summed E-state index contributed by atoms with van der Waals surface area (Å²) < 4.78 is 11.1. The maximum atomic E-state index is 12.4. The molecule has 0 saturated carbocycles. The predicted octanol–water partition coefficient (Wildman–Crippen LogP) is 3.87. The van der Waals surface area contributed by atoms with Crippen LogP contribution in [0.25, 0.3) is 0 Å². The molecule has 31 heavy (non-hydrogen) atoms. The highest BCUT2D eigenvalue weighted by Gasteiger charge is 2.12. The van der Waals surface area contributed by atoms with E-state index in [0.29, 0.717) is 40.8 Å². The maximum absolute atomic E-state index is 12.4. The van der Waals surface area contributed by atoms with Gasteiger partial charge in [-0.1, -0.05) is 23.7 Å². The Labute approximate surface area is 185 Å². The number of aromatic nitrogens is 1. The fraction of sp³-hybridized carbons (Fsp3) is 0.174. The van der Waals surface area contributed by atoms with Gasteiger partial charge in [-0.25, -0.2) is 0 Å². The van der Waals surface area contributed by atoms with Crippen LogP contribution in [-0.2, 0) is 6.42 Å². The zero-order valence-corrected chi connectivity index (χ0v) is 17.9. The Hall–Kier alpha value is -3.58. The molecule has 0 aliphatic rings. The number of methoxy groups -OCH3 is 1. The van der Waals surface area contributed by atoms with Gasteiger partial charge in [0.2, 0.25) is 0 Å². The van der Waals surface area contributed by atoms with Crippen LogP contribution in [0.5, 0.6) is 17.2 Å². The normalized spacial score (nSPS) is 10.3. The standard InChI is InChI=1S/C23H22ClN3O4/c1-25-23(29)20-14-18(9-11-26-20)31-17-5-3-4-15(12-17)8-10-27-22(28)19-7-6-16(24)13-21(19)30-2/h3-7,9,11-14H,8,10H2,1-2H3,(H,25,29)(H,27,28). The van der Waals surface area contributed by atoms with Gasteiger partial charge < -0.3 is 20.1 Å². The van der Waals surface area contributed by atoms with Gasteiger partial charge in [0.1, 0.15) is 22.9 Å². The Morgan fingerprint density at radius 2 is 1.84 bits per heavy atom. The summed E-state index contributed by atoms with van der Waals surface area (Å²) in [6.07, 6.45) is 2.13. The molecule has 0 saturated heterocycles. The molecule has 0 atom stereocenters. The average molecular weight is 440 g/mol. The third kappa shape index (κ3) is 5.96. The topological polar surface area (TPSA) is 89.6 Å². The van der Waals surface area contributed by atoms with E-state index in [1.807, 2.05) is 24.3 Å². The minimum Gasteiger partial charge on any atom is -0.496 e. The Balaban J connectivity index is 1.60. The van der Waals surface area contributed by atoms with Crippen molar-refractivity contribution in [1.29, 1.82) is 0 Å². The van der Waals surface area contributed by atoms with Crippen molar-refractivity contribution in [2.45, 2.75) is 6.42 Å². The summed E-state index contributed by atoms with van der Waals surface area (Å²) in [5.74, 6) is 1.03. The molecule has 0 aliphatic heterocycles. The highest BCUT2D eigenvalue weighted by molar-refractivity contribution is 6.30. The number of hydrogen-bond acceptors (Lipinski definition) is 5. The summed E-state index contributed by atoms with van der Waals surface area (Å²) in [6, 6.07) is 15.7. The minimum atomic E-state index is -0.285. The van der Waals surface area contributed by atoms with Crippen LogP contribution in [-0.4, -0.2) is 37.5 Å². The zero-order valence-electron chi connectivity index (χ0n) is 17.1. The summed E-state index contributed by atoms with van der Waals surface area (Å²) in [5, 5.41) is 5.91. The summed E-state index contributed by atoms with van der Waals surface area (Å²) in [7, 11) is 3.04. The van der Waals surface area contributed by atoms with Crippen molar-refractivity contribution in [3.8, 4) is 17.2 Å². The van der Waals surface area contributed by atoms with Gasteiger partial charge in [0.05, 0.1) is 12.7 Å². The van der Waals surface area contributed by atoms with Gasteiger partial charge in [-0.3, -0.25) is 14.6 Å². The fourth-order valence-electron chi connectivity index (χ4n) is 2.90. The number of hydrogen-bond donors (Lipinski definition) is 2. The zero-order chi connectivity index (χ0) is 22.2. The first-order valence-electron chi connectivity index (χ1n) is 9.57. The van der Waals surface area contributed by atoms with Crippen LogP contribution >= 0.6 is 11.6 Å². The first-order chi connectivity index (χ1) is 15.0. The van der Waals surface area contributed by atoms with Crippen LogP contribution in [0.15, 0.2) is 60.8 Å². The second kappa shape index (κ2) is 10.4. The van der Waals surface area contributed by atoms with Crippen LogP contribution in [0.2, 0.25) is 5.02 Å². The predicted molar refractivity (Wildman–Crippen MR) is 118 cm³/mol. The third-order valence-corrected chi connectivity index (χ3v) is 4.67. The number of nitrogens with one attached hydrogen (secondary N) is 2. The quantitative estimate of drug-likeness (QED) is 0.556. The van der Waals surface area contributed by atoms with E-state index in [1.54, 1.807) is 37.4 Å². The molecule has 0 fully saturated rings. The van der Waals surface area contributed by atoms with E-state index in [9.17, 15) is 9.59 Å². The van der Waals surface area contributed by atoms with Crippen LogP contribution in [0.1, 0.15) is 26.4 Å². The lowest BCUT2D eigenvalue weighted by atomic mass is 10.1. The van der Waals surface area contributed by atoms with Gasteiger partial charge in [-0.2, -0.15) is 0 Å². The lowest BCUT2D eigenvalue weighted by Gasteiger charge is -2.11. The molecule has 8 heteroatoms. The molecule has 1 aromatic heterocycles. The van der Waals surface area contributed by atoms with Gasteiger partial charge >= 0.3 is 0 Å².